The molecule has 1 saturated heterocycles. The molecule has 1 aromatic carbocycles. The Labute approximate surface area is 105 Å². The number of benzene rings is 1. The first-order valence-electron chi connectivity index (χ1n) is 5.83. The van der Waals surface area contributed by atoms with Crippen molar-refractivity contribution in [1.82, 2.24) is 5.32 Å². The molecule has 1 fully saturated rings. The predicted molar refractivity (Wildman–Crippen MR) is 69.9 cm³/mol. The fourth-order valence-electron chi connectivity index (χ4n) is 2.24. The second-order valence-electron chi connectivity index (χ2n) is 4.36. The number of hydrogen-bond acceptors (Lipinski definition) is 3. The Morgan fingerprint density at radius 2 is 1.94 bits per heavy atom. The number of nitrogens with one attached hydrogen (secondary N) is 1. The summed E-state index contributed by atoms with van der Waals surface area (Å²) in [6.45, 7) is 2.17. The molecular formula is C14H15NOS. The van der Waals surface area contributed by atoms with Crippen LogP contribution in [0.1, 0.15) is 30.4 Å². The Bertz CT molecular complexity index is 468. The van der Waals surface area contributed by atoms with Gasteiger partial charge in [-0.1, -0.05) is 30.3 Å². The Morgan fingerprint density at radius 1 is 1.12 bits per heavy atom. The zero-order valence-corrected chi connectivity index (χ0v) is 10.5. The van der Waals surface area contributed by atoms with E-state index < -0.39 is 0 Å². The summed E-state index contributed by atoms with van der Waals surface area (Å²) in [6.07, 6.45) is 0.169. The maximum atomic E-state index is 6.10. The molecule has 0 amide bonds. The summed E-state index contributed by atoms with van der Waals surface area (Å²) >= 11 is 1.70. The molecule has 2 nitrogen and oxygen atoms in total. The minimum atomic E-state index is 0.0291. The van der Waals surface area contributed by atoms with Crippen molar-refractivity contribution in [2.24, 2.45) is 0 Å². The van der Waals surface area contributed by atoms with E-state index in [1.54, 1.807) is 11.3 Å². The van der Waals surface area contributed by atoms with Gasteiger partial charge in [0.1, 0.15) is 12.3 Å². The Kier molecular flexibility index (Phi) is 2.97. The smallest absolute Gasteiger partial charge is 0.136 e. The maximum absolute atomic E-state index is 6.10. The van der Waals surface area contributed by atoms with E-state index in [9.17, 15) is 0 Å². The highest BCUT2D eigenvalue weighted by atomic mass is 32.1. The summed E-state index contributed by atoms with van der Waals surface area (Å²) < 4.78 is 6.10. The molecular weight excluding hydrogens is 230 g/mol. The van der Waals surface area contributed by atoms with Gasteiger partial charge in [-0.2, -0.15) is 11.3 Å². The topological polar surface area (TPSA) is 21.3 Å². The molecule has 88 valence electrons. The van der Waals surface area contributed by atoms with Gasteiger partial charge in [-0.15, -0.1) is 0 Å². The van der Waals surface area contributed by atoms with E-state index in [-0.39, 0.29) is 12.3 Å². The largest absolute Gasteiger partial charge is 0.349 e. The molecule has 1 aliphatic heterocycles. The molecule has 3 atom stereocenters. The third kappa shape index (κ3) is 2.14. The lowest BCUT2D eigenvalue weighted by Gasteiger charge is -2.14. The van der Waals surface area contributed by atoms with E-state index in [1.807, 2.05) is 6.07 Å². The summed E-state index contributed by atoms with van der Waals surface area (Å²) in [5.41, 5.74) is 2.46. The first-order valence-corrected chi connectivity index (χ1v) is 6.77. The molecule has 0 spiro atoms. The van der Waals surface area contributed by atoms with E-state index in [2.05, 4.69) is 53.3 Å². The second kappa shape index (κ2) is 4.61. The second-order valence-corrected chi connectivity index (χ2v) is 5.14. The van der Waals surface area contributed by atoms with Gasteiger partial charge in [-0.3, -0.25) is 5.32 Å². The van der Waals surface area contributed by atoms with Crippen LogP contribution in [0.4, 0.5) is 0 Å². The molecule has 1 aromatic heterocycles. The average molecular weight is 245 g/mol. The SMILES string of the molecule is CC1NC(c2ccsc2)OC1c1ccccc1. The zero-order valence-electron chi connectivity index (χ0n) is 9.67. The van der Waals surface area contributed by atoms with E-state index in [0.717, 1.165) is 0 Å². The zero-order chi connectivity index (χ0) is 11.7. The molecule has 17 heavy (non-hydrogen) atoms. The van der Waals surface area contributed by atoms with E-state index in [0.29, 0.717) is 6.04 Å². The summed E-state index contributed by atoms with van der Waals surface area (Å²) in [6, 6.07) is 12.8. The van der Waals surface area contributed by atoms with Gasteiger partial charge in [0.25, 0.3) is 0 Å². The number of thiophene rings is 1. The van der Waals surface area contributed by atoms with Crippen molar-refractivity contribution in [1.29, 1.82) is 0 Å². The quantitative estimate of drug-likeness (QED) is 0.874. The van der Waals surface area contributed by atoms with E-state index >= 15 is 0 Å². The third-order valence-electron chi connectivity index (χ3n) is 3.13. The van der Waals surface area contributed by atoms with Gasteiger partial charge in [0, 0.05) is 11.6 Å². The van der Waals surface area contributed by atoms with Gasteiger partial charge in [0.05, 0.1) is 0 Å². The average Bonchev–Trinajstić information content (AvgIpc) is 2.99. The van der Waals surface area contributed by atoms with Crippen LogP contribution in [-0.2, 0) is 4.74 Å². The van der Waals surface area contributed by atoms with Crippen molar-refractivity contribution in [2.45, 2.75) is 25.3 Å². The van der Waals surface area contributed by atoms with E-state index in [4.69, 9.17) is 4.74 Å². The van der Waals surface area contributed by atoms with Crippen LogP contribution in [0.2, 0.25) is 0 Å². The lowest BCUT2D eigenvalue weighted by atomic mass is 10.0. The molecule has 0 bridgehead atoms. The standard InChI is InChI=1S/C14H15NOS/c1-10-13(11-5-3-2-4-6-11)16-14(15-10)12-7-8-17-9-12/h2-10,13-15H,1H3. The van der Waals surface area contributed by atoms with Crippen LogP contribution >= 0.6 is 11.3 Å². The lowest BCUT2D eigenvalue weighted by molar-refractivity contribution is 0.0366. The van der Waals surface area contributed by atoms with Crippen LogP contribution in [0.5, 0.6) is 0 Å². The lowest BCUT2D eigenvalue weighted by Crippen LogP contribution is -2.23. The van der Waals surface area contributed by atoms with Crippen molar-refractivity contribution in [3.05, 3.63) is 58.3 Å². The fourth-order valence-corrected chi connectivity index (χ4v) is 2.91. The molecule has 2 aromatic rings. The number of rotatable bonds is 2. The molecule has 3 unspecified atom stereocenters. The highest BCUT2D eigenvalue weighted by Crippen LogP contribution is 2.35. The van der Waals surface area contributed by atoms with Gasteiger partial charge in [-0.05, 0) is 29.3 Å². The van der Waals surface area contributed by atoms with Crippen LogP contribution in [0.15, 0.2) is 47.2 Å². The fraction of sp³-hybridized carbons (Fsp3) is 0.286. The van der Waals surface area contributed by atoms with Crippen molar-refractivity contribution >= 4 is 11.3 Å². The van der Waals surface area contributed by atoms with Crippen molar-refractivity contribution in [3.8, 4) is 0 Å². The molecule has 0 radical (unpaired) electrons. The third-order valence-corrected chi connectivity index (χ3v) is 3.83. The van der Waals surface area contributed by atoms with Crippen LogP contribution in [0.25, 0.3) is 0 Å². The van der Waals surface area contributed by atoms with Gasteiger partial charge < -0.3 is 4.74 Å². The predicted octanol–water partition coefficient (Wildman–Crippen LogP) is 3.50. The number of hydrogen-bond donors (Lipinski definition) is 1. The minimum absolute atomic E-state index is 0.0291. The molecule has 0 aliphatic carbocycles. The highest BCUT2D eigenvalue weighted by molar-refractivity contribution is 7.07. The molecule has 1 aliphatic rings. The molecule has 1 N–H and O–H groups in total. The summed E-state index contributed by atoms with van der Waals surface area (Å²) in [5, 5.41) is 7.71. The minimum Gasteiger partial charge on any atom is -0.349 e. The Hall–Kier alpha value is -1.16. The Morgan fingerprint density at radius 3 is 2.65 bits per heavy atom. The van der Waals surface area contributed by atoms with Gasteiger partial charge in [-0.25, -0.2) is 0 Å². The van der Waals surface area contributed by atoms with Crippen molar-refractivity contribution in [3.63, 3.8) is 0 Å². The van der Waals surface area contributed by atoms with Gasteiger partial charge in [0.15, 0.2) is 0 Å². The summed E-state index contributed by atoms with van der Waals surface area (Å²) in [4.78, 5) is 0. The molecule has 0 saturated carbocycles. The normalized spacial score (nSPS) is 28.4. The summed E-state index contributed by atoms with van der Waals surface area (Å²) in [5.74, 6) is 0. The maximum Gasteiger partial charge on any atom is 0.136 e. The molecule has 3 heteroatoms. The summed E-state index contributed by atoms with van der Waals surface area (Å²) in [7, 11) is 0. The molecule has 3 rings (SSSR count). The highest BCUT2D eigenvalue weighted by Gasteiger charge is 2.33. The first kappa shape index (κ1) is 11.0. The van der Waals surface area contributed by atoms with Crippen LogP contribution in [0, 0.1) is 0 Å². The van der Waals surface area contributed by atoms with Crippen LogP contribution in [-0.4, -0.2) is 6.04 Å². The van der Waals surface area contributed by atoms with Gasteiger partial charge in [0.2, 0.25) is 0 Å². The first-order chi connectivity index (χ1) is 8.34. The molecule has 2 heterocycles. The monoisotopic (exact) mass is 245 g/mol. The van der Waals surface area contributed by atoms with Crippen LogP contribution < -0.4 is 5.32 Å². The van der Waals surface area contributed by atoms with Crippen LogP contribution in [0.3, 0.4) is 0 Å². The van der Waals surface area contributed by atoms with E-state index in [1.165, 1.54) is 11.1 Å². The number of ether oxygens (including phenoxy) is 1. The Balaban J connectivity index is 1.81. The van der Waals surface area contributed by atoms with Crippen molar-refractivity contribution in [2.75, 3.05) is 0 Å². The van der Waals surface area contributed by atoms with Crippen molar-refractivity contribution < 1.29 is 4.74 Å². The van der Waals surface area contributed by atoms with Gasteiger partial charge >= 0.3 is 0 Å².